The summed E-state index contributed by atoms with van der Waals surface area (Å²) in [6.45, 7) is 5.38. The van der Waals surface area contributed by atoms with Crippen molar-refractivity contribution in [1.29, 1.82) is 0 Å². The first-order valence-corrected chi connectivity index (χ1v) is 11.1. The fourth-order valence-electron chi connectivity index (χ4n) is 3.71. The van der Waals surface area contributed by atoms with Crippen LogP contribution in [0, 0.1) is 6.92 Å². The molecule has 4 rings (SSSR count). The molecule has 0 radical (unpaired) electrons. The summed E-state index contributed by atoms with van der Waals surface area (Å²) in [5.74, 6) is 1.47. The van der Waals surface area contributed by atoms with E-state index in [9.17, 15) is 4.79 Å². The Morgan fingerprint density at radius 3 is 2.77 bits per heavy atom. The monoisotopic (exact) mass is 425 g/mol. The Morgan fingerprint density at radius 1 is 1.23 bits per heavy atom. The second kappa shape index (κ2) is 9.86. The van der Waals surface area contributed by atoms with E-state index < -0.39 is 0 Å². The number of piperidine rings is 1. The van der Waals surface area contributed by atoms with Crippen molar-refractivity contribution in [2.24, 2.45) is 0 Å². The third-order valence-electron chi connectivity index (χ3n) is 5.23. The van der Waals surface area contributed by atoms with E-state index in [1.807, 2.05) is 54.2 Å². The first-order chi connectivity index (χ1) is 14.7. The number of nitrogens with one attached hydrogen (secondary N) is 1. The van der Waals surface area contributed by atoms with Crippen LogP contribution in [-0.2, 0) is 11.3 Å². The number of rotatable bonds is 8. The molecule has 30 heavy (non-hydrogen) atoms. The Balaban J connectivity index is 1.24. The molecule has 0 unspecified atom stereocenters. The van der Waals surface area contributed by atoms with Crippen molar-refractivity contribution >= 4 is 23.1 Å². The minimum absolute atomic E-state index is 0.0642. The Hall–Kier alpha value is -2.71. The Bertz CT molecular complexity index is 947. The summed E-state index contributed by atoms with van der Waals surface area (Å²) in [5, 5.41) is 8.58. The molecule has 2 aromatic heterocycles. The molecule has 1 amide bonds. The lowest BCUT2D eigenvalue weighted by molar-refractivity contribution is -0.116. The molecule has 0 atom stereocenters. The van der Waals surface area contributed by atoms with Gasteiger partial charge in [0.25, 0.3) is 0 Å². The second-order valence-corrected chi connectivity index (χ2v) is 8.79. The highest BCUT2D eigenvalue weighted by molar-refractivity contribution is 7.11. The highest BCUT2D eigenvalue weighted by Crippen LogP contribution is 2.27. The van der Waals surface area contributed by atoms with Crippen LogP contribution in [0.4, 0.5) is 5.82 Å². The summed E-state index contributed by atoms with van der Waals surface area (Å²) in [4.78, 5) is 20.5. The summed E-state index contributed by atoms with van der Waals surface area (Å²) in [5.41, 5.74) is 0. The normalized spacial score (nSPS) is 15.2. The molecule has 1 aromatic carbocycles. The third kappa shape index (κ3) is 5.46. The van der Waals surface area contributed by atoms with Crippen molar-refractivity contribution in [2.45, 2.75) is 38.8 Å². The van der Waals surface area contributed by atoms with E-state index >= 15 is 0 Å². The standard InChI is InChI=1S/C22H27N5O2S/c1-17-23-15-20(30-17)16-26-12-8-18(9-13-26)27-21(7-11-24-27)25-22(28)10-14-29-19-5-3-2-4-6-19/h2-7,11,15,18H,8-10,12-14,16H2,1H3,(H,25,28). The fourth-order valence-corrected chi connectivity index (χ4v) is 4.55. The van der Waals surface area contributed by atoms with Crippen molar-refractivity contribution < 1.29 is 9.53 Å². The van der Waals surface area contributed by atoms with Gasteiger partial charge in [-0.3, -0.25) is 9.69 Å². The van der Waals surface area contributed by atoms with E-state index in [4.69, 9.17) is 4.74 Å². The first kappa shape index (κ1) is 20.6. The zero-order chi connectivity index (χ0) is 20.8. The molecule has 0 saturated carbocycles. The predicted molar refractivity (Wildman–Crippen MR) is 118 cm³/mol. The van der Waals surface area contributed by atoms with Gasteiger partial charge in [-0.2, -0.15) is 5.10 Å². The molecule has 7 nitrogen and oxygen atoms in total. The molecule has 8 heteroatoms. The summed E-state index contributed by atoms with van der Waals surface area (Å²) in [7, 11) is 0. The number of carbonyl (C=O) groups is 1. The molecule has 1 saturated heterocycles. The number of aromatic nitrogens is 3. The van der Waals surface area contributed by atoms with E-state index in [0.29, 0.717) is 19.1 Å². The number of para-hydroxylation sites is 1. The molecular weight excluding hydrogens is 398 g/mol. The molecule has 0 bridgehead atoms. The zero-order valence-electron chi connectivity index (χ0n) is 17.2. The van der Waals surface area contributed by atoms with Crippen LogP contribution >= 0.6 is 11.3 Å². The summed E-state index contributed by atoms with van der Waals surface area (Å²) in [6.07, 6.45) is 6.06. The lowest BCUT2D eigenvalue weighted by atomic mass is 10.1. The molecule has 1 aliphatic heterocycles. The molecule has 1 aliphatic rings. The molecule has 3 aromatic rings. The number of anilines is 1. The SMILES string of the molecule is Cc1ncc(CN2CCC(n3nccc3NC(=O)CCOc3ccccc3)CC2)s1. The van der Waals surface area contributed by atoms with E-state index in [0.717, 1.165) is 49.1 Å². The second-order valence-electron chi connectivity index (χ2n) is 7.47. The number of hydrogen-bond acceptors (Lipinski definition) is 6. The highest BCUT2D eigenvalue weighted by atomic mass is 32.1. The van der Waals surface area contributed by atoms with Crippen LogP contribution in [0.5, 0.6) is 5.75 Å². The number of thiazole rings is 1. The smallest absolute Gasteiger partial charge is 0.228 e. The minimum atomic E-state index is -0.0642. The average molecular weight is 426 g/mol. The Labute approximate surface area is 180 Å². The predicted octanol–water partition coefficient (Wildman–Crippen LogP) is 3.89. The Kier molecular flexibility index (Phi) is 6.76. The van der Waals surface area contributed by atoms with Crippen LogP contribution in [0.25, 0.3) is 0 Å². The number of likely N-dealkylation sites (tertiary alicyclic amines) is 1. The van der Waals surface area contributed by atoms with Gasteiger partial charge in [0.2, 0.25) is 5.91 Å². The molecule has 1 N–H and O–H groups in total. The van der Waals surface area contributed by atoms with Gasteiger partial charge in [0.05, 0.1) is 30.3 Å². The number of benzene rings is 1. The average Bonchev–Trinajstić information content (AvgIpc) is 3.38. The van der Waals surface area contributed by atoms with Crippen molar-refractivity contribution in [2.75, 3.05) is 25.0 Å². The largest absolute Gasteiger partial charge is 0.493 e. The number of ether oxygens (including phenoxy) is 1. The molecule has 1 fully saturated rings. The van der Waals surface area contributed by atoms with E-state index in [1.54, 1.807) is 17.5 Å². The van der Waals surface area contributed by atoms with Crippen molar-refractivity contribution in [3.8, 4) is 5.75 Å². The minimum Gasteiger partial charge on any atom is -0.493 e. The van der Waals surface area contributed by atoms with Gasteiger partial charge in [0.1, 0.15) is 11.6 Å². The van der Waals surface area contributed by atoms with Gasteiger partial charge >= 0.3 is 0 Å². The van der Waals surface area contributed by atoms with E-state index in [-0.39, 0.29) is 5.91 Å². The van der Waals surface area contributed by atoms with Gasteiger partial charge in [-0.25, -0.2) is 9.67 Å². The number of aryl methyl sites for hydroxylation is 1. The maximum Gasteiger partial charge on any atom is 0.228 e. The van der Waals surface area contributed by atoms with Crippen LogP contribution in [0.2, 0.25) is 0 Å². The number of amides is 1. The molecule has 0 aliphatic carbocycles. The van der Waals surface area contributed by atoms with Crippen LogP contribution in [0.3, 0.4) is 0 Å². The third-order valence-corrected chi connectivity index (χ3v) is 6.13. The maximum absolute atomic E-state index is 12.3. The number of hydrogen-bond donors (Lipinski definition) is 1. The molecular formula is C22H27N5O2S. The van der Waals surface area contributed by atoms with Crippen LogP contribution in [0.1, 0.15) is 35.2 Å². The van der Waals surface area contributed by atoms with Crippen LogP contribution in [-0.4, -0.2) is 45.3 Å². The lowest BCUT2D eigenvalue weighted by Gasteiger charge is -2.32. The van der Waals surface area contributed by atoms with Crippen LogP contribution < -0.4 is 10.1 Å². The number of nitrogens with zero attached hydrogens (tertiary/aromatic N) is 4. The zero-order valence-corrected chi connectivity index (χ0v) is 18.0. The van der Waals surface area contributed by atoms with Crippen molar-refractivity contribution in [1.82, 2.24) is 19.7 Å². The van der Waals surface area contributed by atoms with Gasteiger partial charge in [0, 0.05) is 36.8 Å². The molecule has 0 spiro atoms. The molecule has 3 heterocycles. The van der Waals surface area contributed by atoms with E-state index in [1.165, 1.54) is 4.88 Å². The van der Waals surface area contributed by atoms with Gasteiger partial charge in [-0.15, -0.1) is 11.3 Å². The Morgan fingerprint density at radius 2 is 2.03 bits per heavy atom. The molecule has 158 valence electrons. The first-order valence-electron chi connectivity index (χ1n) is 10.3. The summed E-state index contributed by atoms with van der Waals surface area (Å²) >= 11 is 1.77. The van der Waals surface area contributed by atoms with E-state index in [2.05, 4.69) is 20.3 Å². The quantitative estimate of drug-likeness (QED) is 0.593. The lowest BCUT2D eigenvalue weighted by Crippen LogP contribution is -2.34. The van der Waals surface area contributed by atoms with Gasteiger partial charge in [0.15, 0.2) is 0 Å². The fraction of sp³-hybridized carbons (Fsp3) is 0.409. The van der Waals surface area contributed by atoms with Crippen LogP contribution in [0.15, 0.2) is 48.8 Å². The van der Waals surface area contributed by atoms with Gasteiger partial charge < -0.3 is 10.1 Å². The highest BCUT2D eigenvalue weighted by Gasteiger charge is 2.23. The summed E-state index contributed by atoms with van der Waals surface area (Å²) < 4.78 is 7.57. The topological polar surface area (TPSA) is 72.3 Å². The summed E-state index contributed by atoms with van der Waals surface area (Å²) in [6, 6.07) is 11.7. The van der Waals surface area contributed by atoms with Gasteiger partial charge in [-0.1, -0.05) is 18.2 Å². The number of carbonyl (C=O) groups excluding carboxylic acids is 1. The van der Waals surface area contributed by atoms with Crippen molar-refractivity contribution in [3.05, 3.63) is 58.7 Å². The van der Waals surface area contributed by atoms with Gasteiger partial charge in [-0.05, 0) is 31.9 Å². The van der Waals surface area contributed by atoms with Crippen molar-refractivity contribution in [3.63, 3.8) is 0 Å². The maximum atomic E-state index is 12.3.